The van der Waals surface area contributed by atoms with Gasteiger partial charge in [0.1, 0.15) is 29.2 Å². The Morgan fingerprint density at radius 2 is 1.65 bits per heavy atom. The third-order valence-electron chi connectivity index (χ3n) is 2.77. The Labute approximate surface area is 159 Å². The van der Waals surface area contributed by atoms with Crippen LogP contribution < -0.4 is 9.47 Å². The van der Waals surface area contributed by atoms with E-state index in [9.17, 15) is 0 Å². The third kappa shape index (κ3) is 5.98. The highest BCUT2D eigenvalue weighted by molar-refractivity contribution is 6.55. The molecule has 2 aromatic carbocycles. The molecule has 23 heavy (non-hydrogen) atoms. The van der Waals surface area contributed by atoms with Crippen LogP contribution in [0.1, 0.15) is 5.56 Å². The standard InChI is InChI=1S/C16H11Cl5O2/c17-12-3-1-10(7-13(12)18)9-23-11-2-4-15(14(19)8-11)22-6-5-16(20)21/h1-5,7-8H,6,9H2. The van der Waals surface area contributed by atoms with Crippen LogP contribution in [0.2, 0.25) is 15.1 Å². The average Bonchev–Trinajstić information content (AvgIpc) is 2.50. The van der Waals surface area contributed by atoms with E-state index in [1.807, 2.05) is 6.07 Å². The van der Waals surface area contributed by atoms with Crippen molar-refractivity contribution < 1.29 is 9.47 Å². The highest BCUT2D eigenvalue weighted by Gasteiger charge is 2.05. The van der Waals surface area contributed by atoms with Crippen LogP contribution in [-0.4, -0.2) is 6.61 Å². The van der Waals surface area contributed by atoms with Gasteiger partial charge in [-0.2, -0.15) is 0 Å². The van der Waals surface area contributed by atoms with Gasteiger partial charge in [0.2, 0.25) is 0 Å². The molecule has 0 atom stereocenters. The van der Waals surface area contributed by atoms with Crippen LogP contribution in [0.3, 0.4) is 0 Å². The van der Waals surface area contributed by atoms with Crippen LogP contribution in [0.15, 0.2) is 47.0 Å². The van der Waals surface area contributed by atoms with Crippen molar-refractivity contribution in [3.8, 4) is 11.5 Å². The molecule has 0 fully saturated rings. The zero-order valence-corrected chi connectivity index (χ0v) is 15.4. The number of hydrogen-bond acceptors (Lipinski definition) is 2. The van der Waals surface area contributed by atoms with Gasteiger partial charge in [0.15, 0.2) is 0 Å². The Morgan fingerprint density at radius 3 is 2.30 bits per heavy atom. The Morgan fingerprint density at radius 1 is 0.870 bits per heavy atom. The number of ether oxygens (including phenoxy) is 2. The van der Waals surface area contributed by atoms with Crippen molar-refractivity contribution in [3.05, 3.63) is 67.6 Å². The second-order valence-corrected chi connectivity index (χ2v) is 6.66. The van der Waals surface area contributed by atoms with E-state index in [4.69, 9.17) is 67.5 Å². The molecule has 0 radical (unpaired) electrons. The van der Waals surface area contributed by atoms with Gasteiger partial charge in [-0.3, -0.25) is 0 Å². The van der Waals surface area contributed by atoms with Gasteiger partial charge in [0.25, 0.3) is 0 Å². The summed E-state index contributed by atoms with van der Waals surface area (Å²) in [6.07, 6.45) is 1.52. The van der Waals surface area contributed by atoms with E-state index in [0.717, 1.165) is 5.56 Å². The minimum absolute atomic E-state index is 0.141. The highest BCUT2D eigenvalue weighted by Crippen LogP contribution is 2.30. The van der Waals surface area contributed by atoms with Gasteiger partial charge in [-0.25, -0.2) is 0 Å². The maximum Gasteiger partial charge on any atom is 0.138 e. The zero-order valence-electron chi connectivity index (χ0n) is 11.7. The van der Waals surface area contributed by atoms with Gasteiger partial charge < -0.3 is 9.47 Å². The molecule has 122 valence electrons. The zero-order chi connectivity index (χ0) is 16.8. The Kier molecular flexibility index (Phi) is 7.19. The summed E-state index contributed by atoms with van der Waals surface area (Å²) in [7, 11) is 0. The van der Waals surface area contributed by atoms with E-state index in [1.54, 1.807) is 30.3 Å². The van der Waals surface area contributed by atoms with Crippen LogP contribution in [0.5, 0.6) is 11.5 Å². The normalized spacial score (nSPS) is 10.3. The third-order valence-corrected chi connectivity index (χ3v) is 4.11. The van der Waals surface area contributed by atoms with Crippen molar-refractivity contribution in [1.82, 2.24) is 0 Å². The molecular weight excluding hydrogens is 401 g/mol. The maximum absolute atomic E-state index is 6.14. The first kappa shape index (κ1) is 18.6. The maximum atomic E-state index is 6.14. The first-order chi connectivity index (χ1) is 11.0. The van der Waals surface area contributed by atoms with Gasteiger partial charge in [-0.1, -0.05) is 64.1 Å². The van der Waals surface area contributed by atoms with E-state index >= 15 is 0 Å². The van der Waals surface area contributed by atoms with Gasteiger partial charge in [-0.05, 0) is 35.9 Å². The van der Waals surface area contributed by atoms with E-state index in [1.165, 1.54) is 6.08 Å². The van der Waals surface area contributed by atoms with Crippen LogP contribution in [-0.2, 0) is 6.61 Å². The molecule has 0 amide bonds. The van der Waals surface area contributed by atoms with E-state index < -0.39 is 0 Å². The van der Waals surface area contributed by atoms with Gasteiger partial charge in [0, 0.05) is 6.07 Å². The number of benzene rings is 2. The van der Waals surface area contributed by atoms with Gasteiger partial charge >= 0.3 is 0 Å². The van der Waals surface area contributed by atoms with Crippen molar-refractivity contribution in [1.29, 1.82) is 0 Å². The summed E-state index contributed by atoms with van der Waals surface area (Å²) in [6.45, 7) is 0.573. The van der Waals surface area contributed by atoms with Crippen molar-refractivity contribution in [2.45, 2.75) is 6.61 Å². The Hall–Kier alpha value is -0.770. The Bertz CT molecular complexity index is 712. The van der Waals surface area contributed by atoms with Crippen LogP contribution in [0.25, 0.3) is 0 Å². The average molecular weight is 413 g/mol. The number of halogens is 5. The second kappa shape index (κ2) is 8.91. The molecular formula is C16H11Cl5O2. The minimum atomic E-state index is 0.141. The fraction of sp³-hybridized carbons (Fsp3) is 0.125. The summed E-state index contributed by atoms with van der Waals surface area (Å²) in [6, 6.07) is 10.5. The molecule has 0 unspecified atom stereocenters. The smallest absolute Gasteiger partial charge is 0.138 e. The highest BCUT2D eigenvalue weighted by atomic mass is 35.5. The van der Waals surface area contributed by atoms with Crippen molar-refractivity contribution in [2.24, 2.45) is 0 Å². The SMILES string of the molecule is ClC(Cl)=CCOc1ccc(OCc2ccc(Cl)c(Cl)c2)cc1Cl. The van der Waals surface area contributed by atoms with Gasteiger partial charge in [0.05, 0.1) is 15.1 Å². The summed E-state index contributed by atoms with van der Waals surface area (Å²) in [5.74, 6) is 1.12. The molecule has 7 heteroatoms. The molecule has 0 aliphatic carbocycles. The largest absolute Gasteiger partial charge is 0.489 e. The molecule has 2 nitrogen and oxygen atoms in total. The first-order valence-electron chi connectivity index (χ1n) is 6.46. The molecule has 2 rings (SSSR count). The number of hydrogen-bond donors (Lipinski definition) is 0. The lowest BCUT2D eigenvalue weighted by atomic mass is 10.2. The molecule has 0 aliphatic heterocycles. The molecule has 0 N–H and O–H groups in total. The predicted molar refractivity (Wildman–Crippen MR) is 97.5 cm³/mol. The van der Waals surface area contributed by atoms with Crippen molar-refractivity contribution >= 4 is 58.0 Å². The lowest BCUT2D eigenvalue weighted by Gasteiger charge is -2.10. The first-order valence-corrected chi connectivity index (χ1v) is 8.35. The van der Waals surface area contributed by atoms with E-state index in [0.29, 0.717) is 33.2 Å². The lowest BCUT2D eigenvalue weighted by Crippen LogP contribution is -1.97. The molecule has 0 aromatic heterocycles. The molecule has 0 saturated heterocycles. The minimum Gasteiger partial charge on any atom is -0.489 e. The molecule has 0 aliphatic rings. The van der Waals surface area contributed by atoms with Crippen LogP contribution in [0, 0.1) is 0 Å². The summed E-state index contributed by atoms with van der Waals surface area (Å²) < 4.78 is 11.2. The molecule has 2 aromatic rings. The Balaban J connectivity index is 1.97. The van der Waals surface area contributed by atoms with Gasteiger partial charge in [-0.15, -0.1) is 0 Å². The summed E-state index contributed by atoms with van der Waals surface area (Å²) in [5, 5.41) is 1.42. The molecule has 0 saturated carbocycles. The van der Waals surface area contributed by atoms with Crippen molar-refractivity contribution in [2.75, 3.05) is 6.61 Å². The van der Waals surface area contributed by atoms with E-state index in [2.05, 4.69) is 0 Å². The van der Waals surface area contributed by atoms with Crippen molar-refractivity contribution in [3.63, 3.8) is 0 Å². The summed E-state index contributed by atoms with van der Waals surface area (Å²) in [4.78, 5) is 0. The summed E-state index contributed by atoms with van der Waals surface area (Å²) in [5.41, 5.74) is 0.901. The predicted octanol–water partition coefficient (Wildman–Crippen LogP) is 6.92. The quantitative estimate of drug-likeness (QED) is 0.512. The lowest BCUT2D eigenvalue weighted by molar-refractivity contribution is 0.305. The topological polar surface area (TPSA) is 18.5 Å². The second-order valence-electron chi connectivity index (χ2n) is 4.43. The van der Waals surface area contributed by atoms with E-state index in [-0.39, 0.29) is 11.1 Å². The molecule has 0 bridgehead atoms. The fourth-order valence-electron chi connectivity index (χ4n) is 1.68. The fourth-order valence-corrected chi connectivity index (χ4v) is 2.35. The molecule has 0 spiro atoms. The molecule has 0 heterocycles. The van der Waals surface area contributed by atoms with Crippen LogP contribution >= 0.6 is 58.0 Å². The monoisotopic (exact) mass is 410 g/mol. The summed E-state index contributed by atoms with van der Waals surface area (Å²) >= 11 is 29.0. The number of rotatable bonds is 6. The van der Waals surface area contributed by atoms with Crippen LogP contribution in [0.4, 0.5) is 0 Å².